The van der Waals surface area contributed by atoms with E-state index in [9.17, 15) is 14.4 Å². The van der Waals surface area contributed by atoms with Crippen LogP contribution in [-0.2, 0) is 28.6 Å². The molecule has 0 saturated carbocycles. The Morgan fingerprint density at radius 3 is 1.11 bits per heavy atom. The number of hydrogen-bond donors (Lipinski definition) is 0. The number of carbonyl (C=O) groups is 3. The molecule has 0 fully saturated rings. The molecule has 0 aromatic rings. The van der Waals surface area contributed by atoms with Gasteiger partial charge in [0.1, 0.15) is 13.2 Å². The lowest BCUT2D eigenvalue weighted by atomic mass is 10.1. The molecule has 71 heavy (non-hydrogen) atoms. The van der Waals surface area contributed by atoms with Crippen molar-refractivity contribution in [1.29, 1.82) is 0 Å². The third kappa shape index (κ3) is 56.1. The lowest BCUT2D eigenvalue weighted by Gasteiger charge is -2.18. The number of rotatable bonds is 49. The van der Waals surface area contributed by atoms with Gasteiger partial charge in [0.25, 0.3) is 0 Å². The molecule has 0 aliphatic rings. The number of esters is 3. The second-order valence-electron chi connectivity index (χ2n) is 18.3. The van der Waals surface area contributed by atoms with Gasteiger partial charge < -0.3 is 14.2 Å². The quantitative estimate of drug-likeness (QED) is 0.0199. The van der Waals surface area contributed by atoms with Crippen molar-refractivity contribution in [3.8, 4) is 0 Å². The largest absolute Gasteiger partial charge is 0.462 e. The number of unbranched alkanes of at least 4 members (excludes halogenated alkanes) is 19. The van der Waals surface area contributed by atoms with Crippen LogP contribution in [0, 0.1) is 0 Å². The predicted octanol–water partition coefficient (Wildman–Crippen LogP) is 19.2. The smallest absolute Gasteiger partial charge is 0.306 e. The molecule has 0 rings (SSSR count). The molecule has 0 saturated heterocycles. The van der Waals surface area contributed by atoms with Crippen molar-refractivity contribution in [2.24, 2.45) is 0 Å². The SMILES string of the molecule is CC/C=C\C/C=C\C/C=C\C/C=C\C/C=C\CCC(=O)OCC(COC(=O)CCCCCCCCCCCC/C=C\C=C/CCCCC)OC(=O)CCCCCCC\C=C/C=C\C=C/C=C\C=C/CCC. The molecule has 6 nitrogen and oxygen atoms in total. The van der Waals surface area contributed by atoms with Crippen LogP contribution in [0.25, 0.3) is 0 Å². The molecule has 0 aromatic carbocycles. The zero-order chi connectivity index (χ0) is 51.4. The summed E-state index contributed by atoms with van der Waals surface area (Å²) in [6.07, 6.45) is 82.6. The van der Waals surface area contributed by atoms with Crippen LogP contribution in [0.5, 0.6) is 0 Å². The third-order valence-electron chi connectivity index (χ3n) is 11.4. The number of carbonyl (C=O) groups excluding carboxylic acids is 3. The minimum atomic E-state index is -0.830. The van der Waals surface area contributed by atoms with Gasteiger partial charge in [0, 0.05) is 19.3 Å². The van der Waals surface area contributed by atoms with E-state index in [1.165, 1.54) is 83.5 Å². The number of hydrogen-bond acceptors (Lipinski definition) is 6. The Bertz CT molecular complexity index is 1590. The highest BCUT2D eigenvalue weighted by atomic mass is 16.6. The lowest BCUT2D eigenvalue weighted by molar-refractivity contribution is -0.166. The normalized spacial score (nSPS) is 13.2. The zero-order valence-electron chi connectivity index (χ0n) is 45.4. The minimum absolute atomic E-state index is 0.119. The molecule has 0 spiro atoms. The van der Waals surface area contributed by atoms with Crippen LogP contribution >= 0.6 is 0 Å². The Morgan fingerprint density at radius 1 is 0.310 bits per heavy atom. The van der Waals surface area contributed by atoms with Gasteiger partial charge in [0.2, 0.25) is 0 Å². The molecule has 1 atom stereocenters. The van der Waals surface area contributed by atoms with Crippen LogP contribution in [0.4, 0.5) is 0 Å². The fourth-order valence-electron chi connectivity index (χ4n) is 7.22. The topological polar surface area (TPSA) is 78.9 Å². The second kappa shape index (κ2) is 57.9. The summed E-state index contributed by atoms with van der Waals surface area (Å²) < 4.78 is 16.8. The summed E-state index contributed by atoms with van der Waals surface area (Å²) in [7, 11) is 0. The molecule has 6 heteroatoms. The third-order valence-corrected chi connectivity index (χ3v) is 11.4. The summed E-state index contributed by atoms with van der Waals surface area (Å²) in [4.78, 5) is 38.1. The van der Waals surface area contributed by atoms with Crippen LogP contribution in [-0.4, -0.2) is 37.2 Å². The van der Waals surface area contributed by atoms with Crippen LogP contribution in [0.3, 0.4) is 0 Å². The maximum atomic E-state index is 12.9. The van der Waals surface area contributed by atoms with Gasteiger partial charge in [-0.05, 0) is 96.3 Å². The summed E-state index contributed by atoms with van der Waals surface area (Å²) in [6, 6.07) is 0. The molecule has 0 N–H and O–H groups in total. The number of allylic oxidation sites excluding steroid dienone is 24. The van der Waals surface area contributed by atoms with Gasteiger partial charge in [-0.3, -0.25) is 14.4 Å². The van der Waals surface area contributed by atoms with Crippen molar-refractivity contribution >= 4 is 17.9 Å². The minimum Gasteiger partial charge on any atom is -0.462 e. The van der Waals surface area contributed by atoms with Gasteiger partial charge in [-0.1, -0.05) is 256 Å². The van der Waals surface area contributed by atoms with Crippen LogP contribution in [0.1, 0.15) is 226 Å². The van der Waals surface area contributed by atoms with Crippen molar-refractivity contribution < 1.29 is 28.6 Å². The van der Waals surface area contributed by atoms with Crippen molar-refractivity contribution in [1.82, 2.24) is 0 Å². The van der Waals surface area contributed by atoms with Crippen LogP contribution < -0.4 is 0 Å². The van der Waals surface area contributed by atoms with Crippen LogP contribution in [0.15, 0.2) is 146 Å². The molecule has 0 aliphatic heterocycles. The number of ether oxygens (including phenoxy) is 3. The molecular weight excluding hydrogens is 877 g/mol. The first-order chi connectivity index (χ1) is 35.0. The van der Waals surface area contributed by atoms with Crippen LogP contribution in [0.2, 0.25) is 0 Å². The predicted molar refractivity (Wildman–Crippen MR) is 306 cm³/mol. The molecule has 398 valence electrons. The average molecular weight is 980 g/mol. The van der Waals surface area contributed by atoms with E-state index in [0.717, 1.165) is 96.3 Å². The van der Waals surface area contributed by atoms with Gasteiger partial charge in [0.15, 0.2) is 6.10 Å². The maximum absolute atomic E-state index is 12.9. The molecular formula is C65H102O6. The Labute approximate surface area is 436 Å². The van der Waals surface area contributed by atoms with Gasteiger partial charge in [-0.2, -0.15) is 0 Å². The van der Waals surface area contributed by atoms with Gasteiger partial charge in [-0.25, -0.2) is 0 Å². The molecule has 0 aliphatic carbocycles. The molecule has 0 radical (unpaired) electrons. The van der Waals surface area contributed by atoms with E-state index in [0.29, 0.717) is 12.8 Å². The van der Waals surface area contributed by atoms with E-state index in [1.54, 1.807) is 0 Å². The van der Waals surface area contributed by atoms with Gasteiger partial charge >= 0.3 is 17.9 Å². The van der Waals surface area contributed by atoms with Crippen molar-refractivity contribution in [2.75, 3.05) is 13.2 Å². The highest BCUT2D eigenvalue weighted by molar-refractivity contribution is 5.71. The molecule has 1 unspecified atom stereocenters. The second-order valence-corrected chi connectivity index (χ2v) is 18.3. The standard InChI is InChI=1S/C65H102O6/c1-4-7-10-13-16-19-22-25-28-31-33-35-37-40-43-46-49-52-55-58-64(67)70-61-62(60-69-63(66)57-54-51-48-45-42-39-36-30-27-24-21-18-15-12-9-6-3)71-65(68)59-56-53-50-47-44-41-38-34-32-29-26-23-20-17-14-11-8-5-2/h9,11-12,14,16-23,25-27,29-30,32,34,38-39,42,48,51,62H,4-8,10,13,15,24,28,31,33,35-37,40-41,43-47,49-50,52-61H2,1-3H3/b12-9-,14-11-,19-16-,20-17-,21-18-,25-22-,26-23-,30-27-,32-29-,38-34-,42-39-,51-48-. The van der Waals surface area contributed by atoms with E-state index in [-0.39, 0.29) is 44.0 Å². The average Bonchev–Trinajstić information content (AvgIpc) is 3.37. The molecule has 0 amide bonds. The first-order valence-corrected chi connectivity index (χ1v) is 28.4. The Balaban J connectivity index is 4.56. The fraction of sp³-hybridized carbons (Fsp3) is 0.585. The Hall–Kier alpha value is -4.71. The molecule has 0 bridgehead atoms. The van der Waals surface area contributed by atoms with Crippen molar-refractivity contribution in [3.63, 3.8) is 0 Å². The van der Waals surface area contributed by atoms with E-state index in [2.05, 4.69) is 118 Å². The Kier molecular flexibility index (Phi) is 54.0. The monoisotopic (exact) mass is 979 g/mol. The summed E-state index contributed by atoms with van der Waals surface area (Å²) in [5.41, 5.74) is 0. The highest BCUT2D eigenvalue weighted by Crippen LogP contribution is 2.14. The fourth-order valence-corrected chi connectivity index (χ4v) is 7.22. The van der Waals surface area contributed by atoms with Gasteiger partial charge in [0.05, 0.1) is 0 Å². The molecule has 0 aromatic heterocycles. The van der Waals surface area contributed by atoms with E-state index < -0.39 is 6.10 Å². The van der Waals surface area contributed by atoms with Crippen molar-refractivity contribution in [2.45, 2.75) is 232 Å². The maximum Gasteiger partial charge on any atom is 0.306 e. The summed E-state index contributed by atoms with van der Waals surface area (Å²) in [6.45, 7) is 6.31. The first-order valence-electron chi connectivity index (χ1n) is 28.4. The Morgan fingerprint density at radius 2 is 0.662 bits per heavy atom. The summed E-state index contributed by atoms with van der Waals surface area (Å²) in [5.74, 6) is -1.04. The molecule has 0 heterocycles. The van der Waals surface area contributed by atoms with E-state index in [1.807, 2.05) is 48.6 Å². The van der Waals surface area contributed by atoms with E-state index >= 15 is 0 Å². The van der Waals surface area contributed by atoms with Gasteiger partial charge in [-0.15, -0.1) is 0 Å². The summed E-state index contributed by atoms with van der Waals surface area (Å²) >= 11 is 0. The first kappa shape index (κ1) is 66.3. The summed E-state index contributed by atoms with van der Waals surface area (Å²) in [5, 5.41) is 0. The van der Waals surface area contributed by atoms with E-state index in [4.69, 9.17) is 14.2 Å². The lowest BCUT2D eigenvalue weighted by Crippen LogP contribution is -2.30. The zero-order valence-corrected chi connectivity index (χ0v) is 45.4. The highest BCUT2D eigenvalue weighted by Gasteiger charge is 2.19. The van der Waals surface area contributed by atoms with Crippen molar-refractivity contribution in [3.05, 3.63) is 146 Å².